The number of unbranched alkanes of at least 4 members (excludes halogenated alkanes) is 20. The zero-order valence-corrected chi connectivity index (χ0v) is 47.7. The number of amides is 2. The van der Waals surface area contributed by atoms with Crippen LogP contribution in [-0.2, 0) is 57.2 Å². The van der Waals surface area contributed by atoms with Crippen molar-refractivity contribution < 1.29 is 105 Å². The second-order valence-corrected chi connectivity index (χ2v) is 21.6. The van der Waals surface area contributed by atoms with E-state index < -0.39 is 85.9 Å². The van der Waals surface area contributed by atoms with Crippen LogP contribution in [0.1, 0.15) is 187 Å². The number of hydrogen-bond donors (Lipinski definition) is 8. The molecular formula is C55H100ClN3O18. The topological polar surface area (TPSA) is 303 Å². The van der Waals surface area contributed by atoms with Gasteiger partial charge in [0, 0.05) is 45.6 Å². The number of aliphatic hydroxyl groups is 6. The van der Waals surface area contributed by atoms with Crippen LogP contribution < -0.4 is 23.0 Å². The summed E-state index contributed by atoms with van der Waals surface area (Å²) < 4.78 is 33.2. The molecule has 0 spiro atoms. The quantitative estimate of drug-likeness (QED) is 0.0182. The molecule has 1 heterocycles. The minimum Gasteiger partial charge on any atom is -1.00 e. The molecule has 2 fully saturated rings. The average Bonchev–Trinajstić information content (AvgIpc) is 3.36. The molecule has 10 atom stereocenters. The molecule has 22 heteroatoms. The molecule has 2 amide bonds. The smallest absolute Gasteiger partial charge is 0.361 e. The molecule has 0 radical (unpaired) electrons. The number of nitrogens with zero attached hydrogens (tertiary/aromatic N) is 1. The molecule has 1 aliphatic heterocycles. The van der Waals surface area contributed by atoms with Crippen LogP contribution in [0, 0.1) is 5.92 Å². The molecule has 0 aromatic rings. The van der Waals surface area contributed by atoms with Gasteiger partial charge >= 0.3 is 23.9 Å². The van der Waals surface area contributed by atoms with E-state index in [9.17, 15) is 59.4 Å². The minimum atomic E-state index is -1.66. The Balaban J connectivity index is 0.0000296. The Morgan fingerprint density at radius 1 is 0.519 bits per heavy atom. The number of halogens is 1. The van der Waals surface area contributed by atoms with Gasteiger partial charge in [-0.25, -0.2) is 4.79 Å². The molecule has 2 rings (SSSR count). The summed E-state index contributed by atoms with van der Waals surface area (Å²) in [6, 6.07) is -2.42. The number of hydrogen-bond acceptors (Lipinski definition) is 18. The van der Waals surface area contributed by atoms with Crippen LogP contribution in [0.2, 0.25) is 0 Å². The Morgan fingerprint density at radius 3 is 1.40 bits per heavy atom. The third kappa shape index (κ3) is 32.6. The molecule has 0 bridgehead atoms. The van der Waals surface area contributed by atoms with Crippen LogP contribution >= 0.6 is 0 Å². The maximum Gasteiger partial charge on any atom is 0.361 e. The monoisotopic (exact) mass is 1130 g/mol. The summed E-state index contributed by atoms with van der Waals surface area (Å²) in [6.07, 6.45) is 13.6. The third-order valence-electron chi connectivity index (χ3n) is 14.2. The fraction of sp³-hybridized carbons (Fsp3) is 0.891. The fourth-order valence-corrected chi connectivity index (χ4v) is 9.65. The Kier molecular flexibility index (Phi) is 39.7. The molecule has 2 aliphatic rings. The highest BCUT2D eigenvalue weighted by Gasteiger charge is 2.50. The molecule has 4 unspecified atom stereocenters. The van der Waals surface area contributed by atoms with E-state index in [2.05, 4.69) is 10.6 Å². The van der Waals surface area contributed by atoms with Gasteiger partial charge in [0.25, 0.3) is 0 Å². The van der Waals surface area contributed by atoms with Gasteiger partial charge in [-0.1, -0.05) is 109 Å². The Morgan fingerprint density at radius 2 is 0.961 bits per heavy atom. The molecule has 1 saturated carbocycles. The van der Waals surface area contributed by atoms with Crippen molar-refractivity contribution in [2.45, 2.75) is 242 Å². The summed E-state index contributed by atoms with van der Waals surface area (Å²) in [7, 11) is 3.81. The van der Waals surface area contributed by atoms with Crippen molar-refractivity contribution in [1.29, 1.82) is 0 Å². The first-order valence-corrected chi connectivity index (χ1v) is 28.6. The van der Waals surface area contributed by atoms with Crippen LogP contribution in [0.4, 0.5) is 0 Å². The zero-order valence-electron chi connectivity index (χ0n) is 46.9. The summed E-state index contributed by atoms with van der Waals surface area (Å²) in [4.78, 5) is 72.1. The van der Waals surface area contributed by atoms with Crippen LogP contribution in [0.3, 0.4) is 0 Å². The van der Waals surface area contributed by atoms with Gasteiger partial charge in [-0.05, 0) is 44.9 Å². The number of quaternary nitrogens is 1. The van der Waals surface area contributed by atoms with Gasteiger partial charge in [0.05, 0.1) is 58.8 Å². The average molecular weight is 1130 g/mol. The lowest BCUT2D eigenvalue weighted by Gasteiger charge is -2.47. The standard InChI is InChI=1S/C55H99N3O18.ClH/c1-40(61)56-49-43(36-42(38-59)51(67)52(49)68)75-54-44(39-60)76-55(70)50(53(54)69)57-45(63)28-22-16-10-9-15-20-26-33-73-47(65)30-24-18-12-6-5-11-17-23-29-46(64)72-32-25-19-13-7-8-14-21-27-34-74-48(66)37-58(3,4)31-35-71-41(2)62;/h42-44,49-55,59-60,67-70H,5-39H2,1-4H3,(H-,56,57,61,63);1H/t42?,43-,44?,49?,50?,51-,52-,53-,54-,55-;/m0./s1. The normalized spacial score (nSPS) is 23.3. The molecule has 21 nitrogen and oxygen atoms in total. The van der Waals surface area contributed by atoms with Crippen LogP contribution in [-0.4, -0.2) is 193 Å². The first kappa shape index (κ1) is 71.8. The summed E-state index contributed by atoms with van der Waals surface area (Å²) in [5.74, 6) is -2.57. The number of rotatable bonds is 43. The lowest BCUT2D eigenvalue weighted by atomic mass is 9.79. The van der Waals surface area contributed by atoms with Crippen LogP contribution in [0.5, 0.6) is 0 Å². The number of nitrogens with one attached hydrogen (secondary N) is 2. The summed E-state index contributed by atoms with van der Waals surface area (Å²) in [5.41, 5.74) is 0. The van der Waals surface area contributed by atoms with Crippen molar-refractivity contribution in [2.24, 2.45) is 5.92 Å². The van der Waals surface area contributed by atoms with E-state index in [1.807, 2.05) is 14.1 Å². The van der Waals surface area contributed by atoms with Crippen molar-refractivity contribution in [3.63, 3.8) is 0 Å². The van der Waals surface area contributed by atoms with E-state index in [1.54, 1.807) is 0 Å². The second kappa shape index (κ2) is 42.6. The molecule has 0 aromatic carbocycles. The first-order chi connectivity index (χ1) is 36.4. The molecule has 1 saturated heterocycles. The highest BCUT2D eigenvalue weighted by atomic mass is 35.5. The maximum absolute atomic E-state index is 12.8. The number of likely N-dealkylation sites (N-methyl/N-ethyl adjacent to an activating group) is 1. The van der Waals surface area contributed by atoms with Gasteiger partial charge < -0.3 is 86.6 Å². The lowest BCUT2D eigenvalue weighted by molar-refractivity contribution is -0.883. The Hall–Kier alpha value is -3.25. The van der Waals surface area contributed by atoms with Crippen molar-refractivity contribution in [2.75, 3.05) is 66.8 Å². The fourth-order valence-electron chi connectivity index (χ4n) is 9.65. The van der Waals surface area contributed by atoms with Gasteiger partial charge in [0.1, 0.15) is 43.6 Å². The minimum absolute atomic E-state index is 0. The van der Waals surface area contributed by atoms with E-state index in [4.69, 9.17) is 28.4 Å². The van der Waals surface area contributed by atoms with Crippen LogP contribution in [0.25, 0.3) is 0 Å². The van der Waals surface area contributed by atoms with E-state index in [-0.39, 0.29) is 62.3 Å². The molecule has 1 aliphatic carbocycles. The second-order valence-electron chi connectivity index (χ2n) is 21.6. The number of aliphatic hydroxyl groups excluding tert-OH is 6. The largest absolute Gasteiger partial charge is 1.00 e. The predicted molar refractivity (Wildman–Crippen MR) is 281 cm³/mol. The Bertz CT molecular complexity index is 1630. The zero-order chi connectivity index (χ0) is 56.1. The number of carbonyl (C=O) groups excluding carboxylic acids is 6. The van der Waals surface area contributed by atoms with Gasteiger partial charge in [-0.2, -0.15) is 0 Å². The van der Waals surface area contributed by atoms with E-state index in [0.717, 1.165) is 141 Å². The highest BCUT2D eigenvalue weighted by molar-refractivity contribution is 5.76. The van der Waals surface area contributed by atoms with Crippen LogP contribution in [0.15, 0.2) is 0 Å². The molecule has 0 aromatic heterocycles. The van der Waals surface area contributed by atoms with Crippen molar-refractivity contribution >= 4 is 35.7 Å². The lowest BCUT2D eigenvalue weighted by Crippen LogP contribution is -3.00. The summed E-state index contributed by atoms with van der Waals surface area (Å²) in [6.45, 7) is 3.83. The Labute approximate surface area is 464 Å². The highest BCUT2D eigenvalue weighted by Crippen LogP contribution is 2.32. The summed E-state index contributed by atoms with van der Waals surface area (Å²) >= 11 is 0. The van der Waals surface area contributed by atoms with Gasteiger partial charge in [-0.15, -0.1) is 0 Å². The van der Waals surface area contributed by atoms with E-state index in [0.29, 0.717) is 50.1 Å². The first-order valence-electron chi connectivity index (χ1n) is 28.6. The van der Waals surface area contributed by atoms with Gasteiger partial charge in [-0.3, -0.25) is 24.0 Å². The van der Waals surface area contributed by atoms with E-state index >= 15 is 0 Å². The van der Waals surface area contributed by atoms with Gasteiger partial charge in [0.2, 0.25) is 11.8 Å². The number of ether oxygens (including phenoxy) is 6. The molecular weight excluding hydrogens is 1030 g/mol. The SMILES string of the molecule is CC(=O)NC1[C@@H](O[C@H]2C(CO)O[C@H](O)C(NC(=O)CCCCCCCCCOC(=O)CCCCCCCCCCC(=O)OCCCCCCCCCCOC(=O)C[N+](C)(C)CCOC(C)=O)[C@@H]2O)CC(CO)[C@H](O)[C@H]1O.[Cl-]. The summed E-state index contributed by atoms with van der Waals surface area (Å²) in [5, 5.41) is 67.8. The van der Waals surface area contributed by atoms with Gasteiger partial charge in [0.15, 0.2) is 12.8 Å². The number of esters is 4. The molecule has 77 heavy (non-hydrogen) atoms. The predicted octanol–water partition coefficient (Wildman–Crippen LogP) is 0.950. The van der Waals surface area contributed by atoms with Crippen molar-refractivity contribution in [3.8, 4) is 0 Å². The molecule has 450 valence electrons. The number of carbonyl (C=O) groups is 6. The maximum atomic E-state index is 12.8. The van der Waals surface area contributed by atoms with Crippen molar-refractivity contribution in [3.05, 3.63) is 0 Å². The van der Waals surface area contributed by atoms with Crippen molar-refractivity contribution in [1.82, 2.24) is 10.6 Å². The van der Waals surface area contributed by atoms with E-state index in [1.165, 1.54) is 13.8 Å². The third-order valence-corrected chi connectivity index (χ3v) is 14.2. The molecule has 8 N–H and O–H groups in total.